The zero-order valence-electron chi connectivity index (χ0n) is 10.5. The zero-order chi connectivity index (χ0) is 14.9. The fourth-order valence-corrected chi connectivity index (χ4v) is 2.15. The maximum Gasteiger partial charge on any atom is 0.256 e. The van der Waals surface area contributed by atoms with Crippen LogP contribution in [0.1, 0.15) is 15.9 Å². The van der Waals surface area contributed by atoms with Gasteiger partial charge in [0.1, 0.15) is 11.6 Å². The summed E-state index contributed by atoms with van der Waals surface area (Å²) >= 11 is 3.08. The van der Waals surface area contributed by atoms with Crippen LogP contribution in [0.5, 0.6) is 0 Å². The lowest BCUT2D eigenvalue weighted by Crippen LogP contribution is -2.14. The lowest BCUT2D eigenvalue weighted by molar-refractivity contribution is 0.102. The van der Waals surface area contributed by atoms with Gasteiger partial charge in [0.2, 0.25) is 0 Å². The molecule has 2 aromatic carbocycles. The third-order valence-electron chi connectivity index (χ3n) is 2.70. The summed E-state index contributed by atoms with van der Waals surface area (Å²) in [6, 6.07) is 6.73. The van der Waals surface area contributed by atoms with Crippen molar-refractivity contribution in [3.63, 3.8) is 0 Å². The minimum Gasteiger partial charge on any atom is -0.396 e. The lowest BCUT2D eigenvalue weighted by atomic mass is 10.1. The third-order valence-corrected chi connectivity index (χ3v) is 3.36. The number of carbonyl (C=O) groups is 1. The molecule has 0 bridgehead atoms. The van der Waals surface area contributed by atoms with Crippen molar-refractivity contribution in [1.82, 2.24) is 0 Å². The lowest BCUT2D eigenvalue weighted by Gasteiger charge is -2.09. The molecule has 1 amide bonds. The van der Waals surface area contributed by atoms with E-state index in [1.807, 2.05) is 0 Å². The van der Waals surface area contributed by atoms with Crippen LogP contribution in [0.2, 0.25) is 0 Å². The molecule has 20 heavy (non-hydrogen) atoms. The Morgan fingerprint density at radius 3 is 2.55 bits per heavy atom. The maximum absolute atomic E-state index is 13.7. The first-order chi connectivity index (χ1) is 9.38. The van der Waals surface area contributed by atoms with Crippen LogP contribution < -0.4 is 11.1 Å². The predicted octanol–water partition coefficient (Wildman–Crippen LogP) is 3.87. The number of hydrogen-bond acceptors (Lipinski definition) is 2. The Kier molecular flexibility index (Phi) is 4.04. The molecule has 6 heteroatoms. The number of hydrogen-bond donors (Lipinski definition) is 2. The molecule has 0 aliphatic heterocycles. The van der Waals surface area contributed by atoms with Crippen molar-refractivity contribution < 1.29 is 13.6 Å². The number of carbonyl (C=O) groups excluding carboxylic acids is 1. The van der Waals surface area contributed by atoms with Crippen LogP contribution in [0.15, 0.2) is 34.8 Å². The molecule has 0 fully saturated rings. The van der Waals surface area contributed by atoms with E-state index in [1.165, 1.54) is 18.2 Å². The molecule has 0 saturated carbocycles. The zero-order valence-corrected chi connectivity index (χ0v) is 12.1. The number of halogens is 3. The second-order valence-corrected chi connectivity index (χ2v) is 5.15. The fraction of sp³-hybridized carbons (Fsp3) is 0.0714. The van der Waals surface area contributed by atoms with Crippen molar-refractivity contribution in [3.05, 3.63) is 57.6 Å². The van der Waals surface area contributed by atoms with Crippen LogP contribution in [0.25, 0.3) is 0 Å². The van der Waals surface area contributed by atoms with E-state index in [4.69, 9.17) is 5.73 Å². The van der Waals surface area contributed by atoms with Gasteiger partial charge in [0.25, 0.3) is 5.91 Å². The highest BCUT2D eigenvalue weighted by atomic mass is 79.9. The molecule has 0 unspecified atom stereocenters. The SMILES string of the molecule is Cc1ccc(NC(=O)c2cc(N)c(F)cc2Br)c(F)c1. The summed E-state index contributed by atoms with van der Waals surface area (Å²) in [5, 5.41) is 2.42. The van der Waals surface area contributed by atoms with Crippen LogP contribution in [0, 0.1) is 18.6 Å². The van der Waals surface area contributed by atoms with Gasteiger partial charge in [0.05, 0.1) is 16.9 Å². The fourth-order valence-electron chi connectivity index (χ4n) is 1.65. The minimum absolute atomic E-state index is 0.0513. The number of benzene rings is 2. The minimum atomic E-state index is -0.630. The van der Waals surface area contributed by atoms with Gasteiger partial charge in [-0.05, 0) is 52.7 Å². The highest BCUT2D eigenvalue weighted by molar-refractivity contribution is 9.10. The molecule has 0 radical (unpaired) electrons. The monoisotopic (exact) mass is 340 g/mol. The average molecular weight is 341 g/mol. The first-order valence-electron chi connectivity index (χ1n) is 5.70. The third kappa shape index (κ3) is 2.96. The molecular formula is C14H11BrF2N2O. The smallest absolute Gasteiger partial charge is 0.256 e. The van der Waals surface area contributed by atoms with Crippen LogP contribution in [0.4, 0.5) is 20.2 Å². The first kappa shape index (κ1) is 14.5. The summed E-state index contributed by atoms with van der Waals surface area (Å²) in [4.78, 5) is 12.0. The van der Waals surface area contributed by atoms with Gasteiger partial charge in [-0.2, -0.15) is 0 Å². The van der Waals surface area contributed by atoms with Crippen LogP contribution in [0.3, 0.4) is 0 Å². The second kappa shape index (κ2) is 5.58. The van der Waals surface area contributed by atoms with E-state index >= 15 is 0 Å². The van der Waals surface area contributed by atoms with Gasteiger partial charge in [-0.25, -0.2) is 8.78 Å². The van der Waals surface area contributed by atoms with E-state index in [2.05, 4.69) is 21.2 Å². The Morgan fingerprint density at radius 2 is 1.90 bits per heavy atom. The van der Waals surface area contributed by atoms with E-state index in [-0.39, 0.29) is 21.4 Å². The van der Waals surface area contributed by atoms with Gasteiger partial charge >= 0.3 is 0 Å². The summed E-state index contributed by atoms with van der Waals surface area (Å²) in [5.74, 6) is -1.74. The summed E-state index contributed by atoms with van der Waals surface area (Å²) in [5.41, 5.74) is 6.19. The second-order valence-electron chi connectivity index (χ2n) is 4.29. The standard InChI is InChI=1S/C14H11BrF2N2O/c1-7-2-3-13(11(17)4-7)19-14(20)8-5-12(18)10(16)6-9(8)15/h2-6H,18H2,1H3,(H,19,20). The molecule has 2 rings (SSSR count). The van der Waals surface area contributed by atoms with Gasteiger partial charge in [0.15, 0.2) is 0 Å². The summed E-state index contributed by atoms with van der Waals surface area (Å²) in [7, 11) is 0. The number of rotatable bonds is 2. The summed E-state index contributed by atoms with van der Waals surface area (Å²) in [6.45, 7) is 1.74. The van der Waals surface area contributed by atoms with Crippen molar-refractivity contribution in [2.75, 3.05) is 11.1 Å². The molecular weight excluding hydrogens is 330 g/mol. The first-order valence-corrected chi connectivity index (χ1v) is 6.50. The van der Waals surface area contributed by atoms with E-state index in [9.17, 15) is 13.6 Å². The van der Waals surface area contributed by atoms with Crippen LogP contribution in [-0.4, -0.2) is 5.91 Å². The quantitative estimate of drug-likeness (QED) is 0.815. The van der Waals surface area contributed by atoms with Crippen LogP contribution in [-0.2, 0) is 0 Å². The summed E-state index contributed by atoms with van der Waals surface area (Å²) in [6.07, 6.45) is 0. The van der Waals surface area contributed by atoms with Crippen LogP contribution >= 0.6 is 15.9 Å². The normalized spacial score (nSPS) is 10.4. The van der Waals surface area contributed by atoms with Crippen molar-refractivity contribution in [2.45, 2.75) is 6.92 Å². The van der Waals surface area contributed by atoms with E-state index in [1.54, 1.807) is 13.0 Å². The van der Waals surface area contributed by atoms with E-state index in [0.29, 0.717) is 0 Å². The molecule has 3 nitrogen and oxygen atoms in total. The number of nitrogens with two attached hydrogens (primary N) is 1. The topological polar surface area (TPSA) is 55.1 Å². The number of nitrogens with one attached hydrogen (secondary N) is 1. The maximum atomic E-state index is 13.7. The Bertz CT molecular complexity index is 689. The van der Waals surface area contributed by atoms with Crippen molar-refractivity contribution in [3.8, 4) is 0 Å². The Morgan fingerprint density at radius 1 is 1.20 bits per heavy atom. The Hall–Kier alpha value is -1.95. The van der Waals surface area contributed by atoms with Gasteiger partial charge in [0, 0.05) is 4.47 Å². The largest absolute Gasteiger partial charge is 0.396 e. The van der Waals surface area contributed by atoms with Crippen molar-refractivity contribution in [2.24, 2.45) is 0 Å². The van der Waals surface area contributed by atoms with E-state index < -0.39 is 17.5 Å². The molecule has 104 valence electrons. The molecule has 3 N–H and O–H groups in total. The van der Waals surface area contributed by atoms with Gasteiger partial charge in [-0.15, -0.1) is 0 Å². The highest BCUT2D eigenvalue weighted by Gasteiger charge is 2.15. The molecule has 0 saturated heterocycles. The number of nitrogen functional groups attached to an aromatic ring is 1. The van der Waals surface area contributed by atoms with Gasteiger partial charge in [-0.3, -0.25) is 4.79 Å². The number of anilines is 2. The Labute approximate surface area is 122 Å². The van der Waals surface area contributed by atoms with E-state index in [0.717, 1.165) is 11.6 Å². The molecule has 0 aliphatic rings. The highest BCUT2D eigenvalue weighted by Crippen LogP contribution is 2.24. The Balaban J connectivity index is 2.31. The molecule has 2 aromatic rings. The number of aryl methyl sites for hydroxylation is 1. The predicted molar refractivity (Wildman–Crippen MR) is 77.6 cm³/mol. The van der Waals surface area contributed by atoms with Crippen molar-refractivity contribution in [1.29, 1.82) is 0 Å². The average Bonchev–Trinajstić information content (AvgIpc) is 2.37. The molecule has 0 heterocycles. The van der Waals surface area contributed by atoms with Crippen molar-refractivity contribution >= 4 is 33.2 Å². The van der Waals surface area contributed by atoms with Gasteiger partial charge in [-0.1, -0.05) is 6.07 Å². The number of amides is 1. The molecule has 0 aromatic heterocycles. The van der Waals surface area contributed by atoms with Gasteiger partial charge < -0.3 is 11.1 Å². The molecule has 0 aliphatic carbocycles. The summed E-state index contributed by atoms with van der Waals surface area (Å²) < 4.78 is 27.1. The molecule has 0 spiro atoms. The molecule has 0 atom stereocenters.